The van der Waals surface area contributed by atoms with Gasteiger partial charge in [-0.3, -0.25) is 5.84 Å². The summed E-state index contributed by atoms with van der Waals surface area (Å²) in [5.74, 6) is 7.31. The highest BCUT2D eigenvalue weighted by molar-refractivity contribution is 5.46. The zero-order valence-corrected chi connectivity index (χ0v) is 11.2. The lowest BCUT2D eigenvalue weighted by Gasteiger charge is -2.18. The summed E-state index contributed by atoms with van der Waals surface area (Å²) >= 11 is 0. The Labute approximate surface area is 118 Å². The molecule has 0 saturated heterocycles. The highest BCUT2D eigenvalue weighted by Crippen LogP contribution is 2.33. The lowest BCUT2D eigenvalue weighted by Crippen LogP contribution is -2.28. The van der Waals surface area contributed by atoms with Crippen molar-refractivity contribution in [2.75, 3.05) is 13.2 Å². The number of ether oxygens (including phenoxy) is 2. The SMILES string of the molecule is NNC(c1ccccc1)c1ccc2c(c1)OCCCO2. The first kappa shape index (κ1) is 13.0. The quantitative estimate of drug-likeness (QED) is 0.664. The number of nitrogens with two attached hydrogens (primary N) is 1. The van der Waals surface area contributed by atoms with Gasteiger partial charge in [-0.25, -0.2) is 5.43 Å². The summed E-state index contributed by atoms with van der Waals surface area (Å²) in [5.41, 5.74) is 5.03. The molecule has 0 fully saturated rings. The Bertz CT molecular complexity index is 572. The van der Waals surface area contributed by atoms with Crippen LogP contribution in [0.5, 0.6) is 11.5 Å². The molecule has 1 aliphatic rings. The van der Waals surface area contributed by atoms with E-state index >= 15 is 0 Å². The molecule has 2 aromatic rings. The van der Waals surface area contributed by atoms with Crippen LogP contribution in [0.15, 0.2) is 48.5 Å². The van der Waals surface area contributed by atoms with Crippen LogP contribution in [0.4, 0.5) is 0 Å². The number of fused-ring (bicyclic) bond motifs is 1. The zero-order valence-electron chi connectivity index (χ0n) is 11.2. The molecule has 0 aromatic heterocycles. The maximum Gasteiger partial charge on any atom is 0.161 e. The lowest BCUT2D eigenvalue weighted by atomic mass is 9.99. The van der Waals surface area contributed by atoms with Crippen LogP contribution in [0, 0.1) is 0 Å². The van der Waals surface area contributed by atoms with Gasteiger partial charge in [-0.05, 0) is 23.3 Å². The van der Waals surface area contributed by atoms with E-state index in [-0.39, 0.29) is 6.04 Å². The van der Waals surface area contributed by atoms with Gasteiger partial charge in [0, 0.05) is 6.42 Å². The Morgan fingerprint density at radius 1 is 0.900 bits per heavy atom. The van der Waals surface area contributed by atoms with Crippen LogP contribution in [0.2, 0.25) is 0 Å². The highest BCUT2D eigenvalue weighted by atomic mass is 16.5. The molecule has 0 aliphatic carbocycles. The molecule has 3 N–H and O–H groups in total. The maximum absolute atomic E-state index is 5.73. The van der Waals surface area contributed by atoms with E-state index in [1.165, 1.54) is 0 Å². The van der Waals surface area contributed by atoms with E-state index in [0.29, 0.717) is 13.2 Å². The molecule has 2 aromatic carbocycles. The molecule has 1 aliphatic heterocycles. The van der Waals surface area contributed by atoms with E-state index in [2.05, 4.69) is 5.43 Å². The average Bonchev–Trinajstić information content (AvgIpc) is 2.74. The second-order valence-corrected chi connectivity index (χ2v) is 4.77. The van der Waals surface area contributed by atoms with Gasteiger partial charge < -0.3 is 9.47 Å². The molecule has 1 atom stereocenters. The van der Waals surface area contributed by atoms with Crippen LogP contribution in [0.1, 0.15) is 23.6 Å². The van der Waals surface area contributed by atoms with Crippen LogP contribution >= 0.6 is 0 Å². The predicted octanol–water partition coefficient (Wildman–Crippen LogP) is 2.40. The number of hydrogen-bond acceptors (Lipinski definition) is 4. The molecule has 4 nitrogen and oxygen atoms in total. The van der Waals surface area contributed by atoms with E-state index < -0.39 is 0 Å². The summed E-state index contributed by atoms with van der Waals surface area (Å²) in [6.07, 6.45) is 0.904. The van der Waals surface area contributed by atoms with Gasteiger partial charge in [-0.15, -0.1) is 0 Å². The van der Waals surface area contributed by atoms with Crippen LogP contribution < -0.4 is 20.7 Å². The molecule has 104 valence electrons. The van der Waals surface area contributed by atoms with E-state index in [9.17, 15) is 0 Å². The fraction of sp³-hybridized carbons (Fsp3) is 0.250. The van der Waals surface area contributed by atoms with Gasteiger partial charge in [0.25, 0.3) is 0 Å². The monoisotopic (exact) mass is 270 g/mol. The van der Waals surface area contributed by atoms with Gasteiger partial charge in [0.2, 0.25) is 0 Å². The van der Waals surface area contributed by atoms with Gasteiger partial charge in [-0.1, -0.05) is 36.4 Å². The molecule has 20 heavy (non-hydrogen) atoms. The van der Waals surface area contributed by atoms with Crippen molar-refractivity contribution in [1.29, 1.82) is 0 Å². The lowest BCUT2D eigenvalue weighted by molar-refractivity contribution is 0.297. The Hall–Kier alpha value is -2.04. The standard InChI is InChI=1S/C16H18N2O2/c17-18-16(12-5-2-1-3-6-12)13-7-8-14-15(11-13)20-10-4-9-19-14/h1-3,5-8,11,16,18H,4,9-10,17H2. The van der Waals surface area contributed by atoms with Crippen molar-refractivity contribution in [3.05, 3.63) is 59.7 Å². The second kappa shape index (κ2) is 5.94. The van der Waals surface area contributed by atoms with Gasteiger partial charge in [0.15, 0.2) is 11.5 Å². The van der Waals surface area contributed by atoms with Crippen molar-refractivity contribution in [2.24, 2.45) is 5.84 Å². The molecule has 4 heteroatoms. The summed E-state index contributed by atoms with van der Waals surface area (Å²) in [5, 5.41) is 0. The molecule has 0 radical (unpaired) electrons. The number of nitrogens with one attached hydrogen (secondary N) is 1. The third-order valence-electron chi connectivity index (χ3n) is 3.40. The normalized spacial score (nSPS) is 15.4. The van der Waals surface area contributed by atoms with Crippen LogP contribution in [0.25, 0.3) is 0 Å². The van der Waals surface area contributed by atoms with Crippen molar-refractivity contribution in [2.45, 2.75) is 12.5 Å². The maximum atomic E-state index is 5.73. The summed E-state index contributed by atoms with van der Waals surface area (Å²) in [6, 6.07) is 16.0. The van der Waals surface area contributed by atoms with Crippen molar-refractivity contribution < 1.29 is 9.47 Å². The van der Waals surface area contributed by atoms with Crippen LogP contribution in [0.3, 0.4) is 0 Å². The molecule has 3 rings (SSSR count). The van der Waals surface area contributed by atoms with Gasteiger partial charge in [0.05, 0.1) is 19.3 Å². The largest absolute Gasteiger partial charge is 0.490 e. The third kappa shape index (κ3) is 2.61. The van der Waals surface area contributed by atoms with Crippen molar-refractivity contribution in [1.82, 2.24) is 5.43 Å². The first-order valence-corrected chi connectivity index (χ1v) is 6.79. The Morgan fingerprint density at radius 3 is 2.40 bits per heavy atom. The topological polar surface area (TPSA) is 56.5 Å². The average molecular weight is 270 g/mol. The van der Waals surface area contributed by atoms with Crippen LogP contribution in [-0.4, -0.2) is 13.2 Å². The summed E-state index contributed by atoms with van der Waals surface area (Å²) in [4.78, 5) is 0. The number of hydrogen-bond donors (Lipinski definition) is 2. The summed E-state index contributed by atoms with van der Waals surface area (Å²) in [6.45, 7) is 1.38. The van der Waals surface area contributed by atoms with Gasteiger partial charge in [-0.2, -0.15) is 0 Å². The van der Waals surface area contributed by atoms with E-state index in [1.54, 1.807) is 0 Å². The Kier molecular flexibility index (Phi) is 3.85. The fourth-order valence-electron chi connectivity index (χ4n) is 2.39. The minimum absolute atomic E-state index is 0.0617. The Morgan fingerprint density at radius 2 is 1.65 bits per heavy atom. The van der Waals surface area contributed by atoms with E-state index in [0.717, 1.165) is 29.0 Å². The zero-order chi connectivity index (χ0) is 13.8. The highest BCUT2D eigenvalue weighted by Gasteiger charge is 2.16. The number of benzene rings is 2. The molecule has 0 spiro atoms. The first-order valence-electron chi connectivity index (χ1n) is 6.79. The molecular formula is C16H18N2O2. The fourth-order valence-corrected chi connectivity index (χ4v) is 2.39. The Balaban J connectivity index is 1.94. The predicted molar refractivity (Wildman–Crippen MR) is 77.7 cm³/mol. The molecule has 1 heterocycles. The molecule has 1 unspecified atom stereocenters. The molecule has 0 bridgehead atoms. The third-order valence-corrected chi connectivity index (χ3v) is 3.40. The smallest absolute Gasteiger partial charge is 0.161 e. The van der Waals surface area contributed by atoms with E-state index in [4.69, 9.17) is 15.3 Å². The number of rotatable bonds is 3. The minimum Gasteiger partial charge on any atom is -0.490 e. The van der Waals surface area contributed by atoms with Crippen molar-refractivity contribution >= 4 is 0 Å². The molecule has 0 saturated carbocycles. The van der Waals surface area contributed by atoms with Crippen molar-refractivity contribution in [3.8, 4) is 11.5 Å². The number of hydrazine groups is 1. The minimum atomic E-state index is -0.0617. The van der Waals surface area contributed by atoms with Gasteiger partial charge in [0.1, 0.15) is 0 Å². The first-order chi connectivity index (χ1) is 9.88. The molecular weight excluding hydrogens is 252 g/mol. The molecule has 0 amide bonds. The summed E-state index contributed by atoms with van der Waals surface area (Å²) in [7, 11) is 0. The van der Waals surface area contributed by atoms with Crippen LogP contribution in [-0.2, 0) is 0 Å². The van der Waals surface area contributed by atoms with Crippen molar-refractivity contribution in [3.63, 3.8) is 0 Å². The summed E-state index contributed by atoms with van der Waals surface area (Å²) < 4.78 is 11.4. The van der Waals surface area contributed by atoms with Gasteiger partial charge >= 0.3 is 0 Å². The second-order valence-electron chi connectivity index (χ2n) is 4.77. The van der Waals surface area contributed by atoms with E-state index in [1.807, 2.05) is 48.5 Å².